The van der Waals surface area contributed by atoms with Gasteiger partial charge in [0.05, 0.1) is 26.0 Å². The van der Waals surface area contributed by atoms with Crippen LogP contribution >= 0.6 is 23.4 Å². The van der Waals surface area contributed by atoms with E-state index in [1.54, 1.807) is 25.1 Å². The van der Waals surface area contributed by atoms with Crippen LogP contribution in [0.3, 0.4) is 0 Å². The van der Waals surface area contributed by atoms with E-state index in [1.165, 1.54) is 23.8 Å². The van der Waals surface area contributed by atoms with Gasteiger partial charge in [0.2, 0.25) is 0 Å². The van der Waals surface area contributed by atoms with Gasteiger partial charge in [0.25, 0.3) is 0 Å². The number of thioether (sulfide) groups is 1. The maximum Gasteiger partial charge on any atom is 0.414 e. The van der Waals surface area contributed by atoms with Gasteiger partial charge >= 0.3 is 12.1 Å². The number of hydrogen-bond acceptors (Lipinski definition) is 6. The number of benzene rings is 1. The quantitative estimate of drug-likeness (QED) is 0.341. The Morgan fingerprint density at radius 2 is 1.96 bits per heavy atom. The van der Waals surface area contributed by atoms with Gasteiger partial charge in [-0.25, -0.2) is 4.79 Å². The highest BCUT2D eigenvalue weighted by Gasteiger charge is 2.24. The van der Waals surface area contributed by atoms with Crippen LogP contribution in [0.15, 0.2) is 23.1 Å². The van der Waals surface area contributed by atoms with Gasteiger partial charge in [0, 0.05) is 9.92 Å². The molecule has 0 radical (unpaired) electrons. The number of methoxy groups -OCH3 is 1. The second-order valence-electron chi connectivity index (χ2n) is 5.89. The molecule has 0 saturated heterocycles. The lowest BCUT2D eigenvalue weighted by molar-refractivity contribution is -0.138. The zero-order chi connectivity index (χ0) is 19.7. The summed E-state index contributed by atoms with van der Waals surface area (Å²) in [5.41, 5.74) is 0.339. The number of nitrogens with zero attached hydrogens (tertiary/aromatic N) is 1. The first-order valence-corrected chi connectivity index (χ1v) is 9.63. The molecule has 0 aliphatic rings. The summed E-state index contributed by atoms with van der Waals surface area (Å²) >= 11 is 7.55. The molecular weight excluding hydrogens is 378 g/mol. The molecule has 0 spiro atoms. The smallest absolute Gasteiger partial charge is 0.414 e. The number of carbonyl (C=O) groups is 2. The minimum absolute atomic E-state index is 0.139. The van der Waals surface area contributed by atoms with Crippen molar-refractivity contribution in [3.63, 3.8) is 0 Å². The Hall–Kier alpha value is -1.44. The van der Waals surface area contributed by atoms with Crippen LogP contribution in [0.2, 0.25) is 5.02 Å². The molecule has 1 unspecified atom stereocenters. The molecule has 0 aliphatic carbocycles. The number of hydrogen-bond donors (Lipinski definition) is 0. The number of amides is 1. The van der Waals surface area contributed by atoms with Crippen molar-refractivity contribution in [2.24, 2.45) is 5.92 Å². The van der Waals surface area contributed by atoms with Gasteiger partial charge in [0.1, 0.15) is 12.0 Å². The lowest BCUT2D eigenvalue weighted by atomic mass is 10.2. The molecule has 1 aromatic rings. The molecule has 146 valence electrons. The highest BCUT2D eigenvalue weighted by Crippen LogP contribution is 2.36. The first kappa shape index (κ1) is 22.6. The van der Waals surface area contributed by atoms with Gasteiger partial charge in [0.15, 0.2) is 0 Å². The largest absolute Gasteiger partial charge is 0.468 e. The van der Waals surface area contributed by atoms with E-state index in [0.29, 0.717) is 23.2 Å². The monoisotopic (exact) mass is 403 g/mol. The summed E-state index contributed by atoms with van der Waals surface area (Å²) in [6.45, 7) is 8.32. The van der Waals surface area contributed by atoms with Crippen molar-refractivity contribution in [1.29, 1.82) is 0 Å². The van der Waals surface area contributed by atoms with Crippen molar-refractivity contribution < 1.29 is 23.8 Å². The summed E-state index contributed by atoms with van der Waals surface area (Å²) in [6.07, 6.45) is -0.641. The third-order valence-electron chi connectivity index (χ3n) is 3.17. The van der Waals surface area contributed by atoms with Crippen molar-refractivity contribution >= 4 is 41.1 Å². The molecule has 1 amide bonds. The number of rotatable bonds is 9. The van der Waals surface area contributed by atoms with Crippen molar-refractivity contribution in [2.45, 2.75) is 38.0 Å². The summed E-state index contributed by atoms with van der Waals surface area (Å²) in [6, 6.07) is 5.14. The first-order chi connectivity index (χ1) is 12.3. The highest BCUT2D eigenvalue weighted by atomic mass is 35.5. The highest BCUT2D eigenvalue weighted by molar-refractivity contribution is 7.99. The first-order valence-electron chi connectivity index (χ1n) is 8.37. The molecule has 0 bridgehead atoms. The fraction of sp³-hybridized carbons (Fsp3) is 0.556. The molecule has 0 aliphatic heterocycles. The third kappa shape index (κ3) is 7.43. The molecule has 0 N–H and O–H groups in total. The van der Waals surface area contributed by atoms with Crippen molar-refractivity contribution in [3.8, 4) is 0 Å². The van der Waals surface area contributed by atoms with Crippen molar-refractivity contribution in [1.82, 2.24) is 0 Å². The van der Waals surface area contributed by atoms with E-state index >= 15 is 0 Å². The second-order valence-corrected chi connectivity index (χ2v) is 7.66. The van der Waals surface area contributed by atoms with Gasteiger partial charge < -0.3 is 14.2 Å². The summed E-state index contributed by atoms with van der Waals surface area (Å²) in [5, 5.41) is 0.444. The van der Waals surface area contributed by atoms with E-state index in [2.05, 4.69) is 13.8 Å². The Morgan fingerprint density at radius 1 is 1.27 bits per heavy atom. The average molecular weight is 404 g/mol. The minimum atomic E-state index is -0.641. The van der Waals surface area contributed by atoms with E-state index in [0.717, 1.165) is 4.90 Å². The van der Waals surface area contributed by atoms with Gasteiger partial charge in [-0.1, -0.05) is 37.2 Å². The Bertz CT molecular complexity index is 611. The number of ether oxygens (including phenoxy) is 3. The maximum atomic E-state index is 12.4. The number of halogens is 1. The van der Waals surface area contributed by atoms with E-state index in [4.69, 9.17) is 25.8 Å². The number of carbonyl (C=O) groups excluding carboxylic acids is 2. The zero-order valence-electron chi connectivity index (χ0n) is 15.8. The van der Waals surface area contributed by atoms with Gasteiger partial charge in [-0.2, -0.15) is 0 Å². The molecule has 6 nitrogen and oxygen atoms in total. The van der Waals surface area contributed by atoms with Crippen LogP contribution in [0, 0.1) is 5.92 Å². The molecule has 0 aromatic heterocycles. The van der Waals surface area contributed by atoms with Crippen LogP contribution in [0.1, 0.15) is 27.7 Å². The van der Waals surface area contributed by atoms with Crippen molar-refractivity contribution in [3.05, 3.63) is 23.2 Å². The molecule has 0 heterocycles. The molecule has 1 atom stereocenters. The van der Waals surface area contributed by atoms with E-state index < -0.39 is 12.1 Å². The predicted molar refractivity (Wildman–Crippen MR) is 104 cm³/mol. The van der Waals surface area contributed by atoms with Crippen LogP contribution in [0.5, 0.6) is 0 Å². The van der Waals surface area contributed by atoms with Crippen LogP contribution in [-0.4, -0.2) is 44.4 Å². The normalized spacial score (nSPS) is 12.0. The molecule has 0 fully saturated rings. The Labute approximate surface area is 164 Å². The van der Waals surface area contributed by atoms with Crippen LogP contribution in [0.4, 0.5) is 10.5 Å². The van der Waals surface area contributed by atoms with E-state index in [1.807, 2.05) is 6.92 Å². The molecule has 1 rings (SSSR count). The summed E-state index contributed by atoms with van der Waals surface area (Å²) in [7, 11) is 1.27. The van der Waals surface area contributed by atoms with Crippen LogP contribution in [0.25, 0.3) is 0 Å². The predicted octanol–water partition coefficient (Wildman–Crippen LogP) is 4.59. The Balaban J connectivity index is 3.13. The number of esters is 1. The minimum Gasteiger partial charge on any atom is -0.468 e. The summed E-state index contributed by atoms with van der Waals surface area (Å²) in [5.74, 6) is -0.142. The zero-order valence-corrected chi connectivity index (χ0v) is 17.4. The molecule has 8 heteroatoms. The van der Waals surface area contributed by atoms with Crippen molar-refractivity contribution in [2.75, 3.05) is 31.8 Å². The third-order valence-corrected chi connectivity index (χ3v) is 4.47. The summed E-state index contributed by atoms with van der Waals surface area (Å²) in [4.78, 5) is 26.1. The molecular formula is C18H26ClNO5S. The Kier molecular flexibility index (Phi) is 9.83. The fourth-order valence-electron chi connectivity index (χ4n) is 1.99. The van der Waals surface area contributed by atoms with Gasteiger partial charge in [-0.05, 0) is 38.0 Å². The van der Waals surface area contributed by atoms with Gasteiger partial charge in [-0.15, -0.1) is 0 Å². The molecule has 0 saturated carbocycles. The van der Waals surface area contributed by atoms with Gasteiger partial charge in [-0.3, -0.25) is 9.69 Å². The topological polar surface area (TPSA) is 65.1 Å². The Morgan fingerprint density at radius 3 is 2.54 bits per heavy atom. The lowest BCUT2D eigenvalue weighted by Gasteiger charge is -2.24. The van der Waals surface area contributed by atoms with E-state index in [-0.39, 0.29) is 18.6 Å². The standard InChI is InChI=1S/C18H26ClNO5S/c1-6-24-18(22)20(10-17(21)23-5)15-9-14(19)7-8-16(15)26-13(4)25-11-12(2)3/h7-9,12-13H,6,10-11H2,1-5H3. The average Bonchev–Trinajstić information content (AvgIpc) is 2.59. The molecule has 26 heavy (non-hydrogen) atoms. The SMILES string of the molecule is CCOC(=O)N(CC(=O)OC)c1cc(Cl)ccc1SC(C)OCC(C)C. The summed E-state index contributed by atoms with van der Waals surface area (Å²) < 4.78 is 15.6. The van der Waals surface area contributed by atoms with E-state index in [9.17, 15) is 9.59 Å². The number of anilines is 1. The van der Waals surface area contributed by atoms with Crippen LogP contribution < -0.4 is 4.90 Å². The van der Waals surface area contributed by atoms with Crippen LogP contribution in [-0.2, 0) is 19.0 Å². The maximum absolute atomic E-state index is 12.4. The fourth-order valence-corrected chi connectivity index (χ4v) is 3.09. The molecule has 1 aromatic carbocycles. The lowest BCUT2D eigenvalue weighted by Crippen LogP contribution is -2.37. The second kappa shape index (κ2) is 11.3.